The van der Waals surface area contributed by atoms with Crippen LogP contribution in [-0.4, -0.2) is 48.9 Å². The van der Waals surface area contributed by atoms with Crippen molar-refractivity contribution in [3.63, 3.8) is 0 Å². The molecule has 2 rings (SSSR count). The summed E-state index contributed by atoms with van der Waals surface area (Å²) in [4.78, 5) is 12.4. The summed E-state index contributed by atoms with van der Waals surface area (Å²) in [6.45, 7) is 5.50. The summed E-state index contributed by atoms with van der Waals surface area (Å²) < 4.78 is 5.96. The minimum absolute atomic E-state index is 0.0349. The van der Waals surface area contributed by atoms with Crippen molar-refractivity contribution in [1.29, 1.82) is 0 Å². The number of quaternary nitrogens is 1. The zero-order valence-electron chi connectivity index (χ0n) is 14.9. The van der Waals surface area contributed by atoms with Crippen LogP contribution >= 0.6 is 0 Å². The predicted molar refractivity (Wildman–Crippen MR) is 99.2 cm³/mol. The molecule has 0 aliphatic carbocycles. The Bertz CT molecular complexity index is 693. The Hall–Kier alpha value is -2.27. The maximum Gasteiger partial charge on any atom is 0.193 e. The molecule has 0 aliphatic heterocycles. The van der Waals surface area contributed by atoms with Gasteiger partial charge in [0.05, 0.1) is 20.7 Å². The number of ether oxygens (including phenoxy) is 1. The molecule has 0 radical (unpaired) electrons. The molecule has 25 heavy (non-hydrogen) atoms. The Labute approximate surface area is 149 Å². The molecule has 0 saturated carbocycles. The molecule has 1 unspecified atom stereocenters. The largest absolute Gasteiger partial charge is 0.365 e. The summed E-state index contributed by atoms with van der Waals surface area (Å²) in [5, 5.41) is 9.34. The number of aliphatic hydroxyl groups excluding tert-OH is 1. The van der Waals surface area contributed by atoms with Crippen molar-refractivity contribution in [3.8, 4) is 0 Å². The SMILES string of the molecule is C=CC(O)OCC[N+](C)(C)Cc1ccc(C(=O)c2ccccc2)cc1. The van der Waals surface area contributed by atoms with E-state index in [9.17, 15) is 9.90 Å². The lowest BCUT2D eigenvalue weighted by atomic mass is 10.0. The van der Waals surface area contributed by atoms with Crippen molar-refractivity contribution in [2.24, 2.45) is 0 Å². The normalized spacial score (nSPS) is 12.6. The summed E-state index contributed by atoms with van der Waals surface area (Å²) in [6, 6.07) is 17.0. The van der Waals surface area contributed by atoms with Gasteiger partial charge in [0, 0.05) is 16.7 Å². The monoisotopic (exact) mass is 340 g/mol. The molecule has 0 aliphatic rings. The molecule has 1 N–H and O–H groups in total. The maximum atomic E-state index is 12.4. The van der Waals surface area contributed by atoms with Crippen LogP contribution in [0, 0.1) is 0 Å². The van der Waals surface area contributed by atoms with Crippen LogP contribution in [0.3, 0.4) is 0 Å². The van der Waals surface area contributed by atoms with Crippen LogP contribution in [0.15, 0.2) is 67.3 Å². The molecule has 0 aromatic heterocycles. The van der Waals surface area contributed by atoms with Gasteiger partial charge in [0.2, 0.25) is 0 Å². The van der Waals surface area contributed by atoms with Crippen molar-refractivity contribution < 1.29 is 19.1 Å². The molecule has 0 bridgehead atoms. The maximum absolute atomic E-state index is 12.4. The topological polar surface area (TPSA) is 46.5 Å². The predicted octanol–water partition coefficient (Wildman–Crippen LogP) is 3.02. The highest BCUT2D eigenvalue weighted by molar-refractivity contribution is 6.08. The van der Waals surface area contributed by atoms with Gasteiger partial charge in [-0.05, 0) is 6.08 Å². The number of rotatable bonds is 9. The molecule has 2 aromatic rings. The molecule has 0 saturated heterocycles. The van der Waals surface area contributed by atoms with Crippen LogP contribution in [0.4, 0.5) is 0 Å². The Morgan fingerprint density at radius 1 is 1.12 bits per heavy atom. The first-order valence-electron chi connectivity index (χ1n) is 8.34. The molecule has 2 aromatic carbocycles. The van der Waals surface area contributed by atoms with E-state index in [4.69, 9.17) is 4.74 Å². The number of ketones is 1. The first-order chi connectivity index (χ1) is 11.9. The Kier molecular flexibility index (Phi) is 6.65. The lowest BCUT2D eigenvalue weighted by Gasteiger charge is -2.30. The van der Waals surface area contributed by atoms with E-state index < -0.39 is 6.29 Å². The highest BCUT2D eigenvalue weighted by Crippen LogP contribution is 2.14. The van der Waals surface area contributed by atoms with Gasteiger partial charge >= 0.3 is 0 Å². The zero-order chi connectivity index (χ0) is 18.3. The Balaban J connectivity index is 1.95. The molecule has 4 nitrogen and oxygen atoms in total. The van der Waals surface area contributed by atoms with E-state index in [1.807, 2.05) is 54.6 Å². The van der Waals surface area contributed by atoms with Crippen molar-refractivity contribution in [2.45, 2.75) is 12.8 Å². The van der Waals surface area contributed by atoms with Gasteiger partial charge in [0.1, 0.15) is 13.1 Å². The smallest absolute Gasteiger partial charge is 0.193 e. The van der Waals surface area contributed by atoms with Crippen LogP contribution in [-0.2, 0) is 11.3 Å². The standard InChI is InChI=1S/C21H26NO3/c1-4-20(23)25-15-14-22(2,3)16-17-10-12-19(13-11-17)21(24)18-8-6-5-7-9-18/h4-13,20,23H,1,14-16H2,2-3H3/q+1. The van der Waals surface area contributed by atoms with Gasteiger partial charge in [-0.2, -0.15) is 0 Å². The summed E-state index contributed by atoms with van der Waals surface area (Å²) in [7, 11) is 4.21. The Morgan fingerprint density at radius 3 is 2.32 bits per heavy atom. The highest BCUT2D eigenvalue weighted by Gasteiger charge is 2.17. The van der Waals surface area contributed by atoms with E-state index in [-0.39, 0.29) is 5.78 Å². The fraction of sp³-hybridized carbons (Fsp3) is 0.286. The van der Waals surface area contributed by atoms with Crippen LogP contribution in [0.2, 0.25) is 0 Å². The molecular weight excluding hydrogens is 314 g/mol. The van der Waals surface area contributed by atoms with Crippen molar-refractivity contribution in [3.05, 3.63) is 83.9 Å². The number of hydrogen-bond donors (Lipinski definition) is 1. The third-order valence-corrected chi connectivity index (χ3v) is 4.05. The molecule has 0 heterocycles. The summed E-state index contributed by atoms with van der Waals surface area (Å²) >= 11 is 0. The first kappa shape index (κ1) is 19.1. The van der Waals surface area contributed by atoms with E-state index in [1.54, 1.807) is 0 Å². The van der Waals surface area contributed by atoms with Crippen LogP contribution in [0.25, 0.3) is 0 Å². The van der Waals surface area contributed by atoms with Gasteiger partial charge in [0.15, 0.2) is 12.1 Å². The fourth-order valence-corrected chi connectivity index (χ4v) is 2.58. The summed E-state index contributed by atoms with van der Waals surface area (Å²) in [5.41, 5.74) is 2.54. The van der Waals surface area contributed by atoms with Crippen LogP contribution in [0.5, 0.6) is 0 Å². The second-order valence-corrected chi connectivity index (χ2v) is 6.71. The van der Waals surface area contributed by atoms with E-state index in [1.165, 1.54) is 6.08 Å². The minimum Gasteiger partial charge on any atom is -0.365 e. The van der Waals surface area contributed by atoms with Gasteiger partial charge in [-0.25, -0.2) is 0 Å². The van der Waals surface area contributed by atoms with Crippen molar-refractivity contribution in [1.82, 2.24) is 0 Å². The van der Waals surface area contributed by atoms with Gasteiger partial charge in [-0.1, -0.05) is 61.2 Å². The molecule has 4 heteroatoms. The zero-order valence-corrected chi connectivity index (χ0v) is 14.9. The number of carbonyl (C=O) groups is 1. The first-order valence-corrected chi connectivity index (χ1v) is 8.34. The van der Waals surface area contributed by atoms with Crippen LogP contribution < -0.4 is 0 Å². The van der Waals surface area contributed by atoms with Crippen molar-refractivity contribution in [2.75, 3.05) is 27.2 Å². The second-order valence-electron chi connectivity index (χ2n) is 6.71. The number of carbonyl (C=O) groups excluding carboxylic acids is 1. The molecule has 0 fully saturated rings. The summed E-state index contributed by atoms with van der Waals surface area (Å²) in [5.74, 6) is 0.0349. The highest BCUT2D eigenvalue weighted by atomic mass is 16.6. The fourth-order valence-electron chi connectivity index (χ4n) is 2.58. The average Bonchev–Trinajstić information content (AvgIpc) is 2.62. The van der Waals surface area contributed by atoms with Gasteiger partial charge in [-0.3, -0.25) is 4.79 Å². The van der Waals surface area contributed by atoms with Gasteiger partial charge < -0.3 is 14.3 Å². The molecule has 0 amide bonds. The van der Waals surface area contributed by atoms with Gasteiger partial charge in [-0.15, -0.1) is 0 Å². The third kappa shape index (κ3) is 5.94. The number of hydrogen-bond acceptors (Lipinski definition) is 3. The van der Waals surface area contributed by atoms with E-state index >= 15 is 0 Å². The number of aliphatic hydroxyl groups is 1. The molecular formula is C21H26NO3+. The van der Waals surface area contributed by atoms with Crippen LogP contribution in [0.1, 0.15) is 21.5 Å². The third-order valence-electron chi connectivity index (χ3n) is 4.05. The Morgan fingerprint density at radius 2 is 1.72 bits per heavy atom. The summed E-state index contributed by atoms with van der Waals surface area (Å²) in [6.07, 6.45) is 0.450. The lowest BCUT2D eigenvalue weighted by Crippen LogP contribution is -2.41. The van der Waals surface area contributed by atoms with E-state index in [2.05, 4.69) is 20.7 Å². The number of nitrogens with zero attached hydrogens (tertiary/aromatic N) is 1. The van der Waals surface area contributed by atoms with E-state index in [0.29, 0.717) is 17.7 Å². The molecule has 0 spiro atoms. The molecule has 1 atom stereocenters. The quantitative estimate of drug-likeness (QED) is 0.330. The van der Waals surface area contributed by atoms with E-state index in [0.717, 1.165) is 23.1 Å². The van der Waals surface area contributed by atoms with Gasteiger partial charge in [0.25, 0.3) is 0 Å². The lowest BCUT2D eigenvalue weighted by molar-refractivity contribution is -0.904. The second kappa shape index (κ2) is 8.72. The molecule has 132 valence electrons. The minimum atomic E-state index is -0.914. The average molecular weight is 340 g/mol. The number of benzene rings is 2. The van der Waals surface area contributed by atoms with Crippen molar-refractivity contribution >= 4 is 5.78 Å². The number of likely N-dealkylation sites (N-methyl/N-ethyl adjacent to an activating group) is 1.